The van der Waals surface area contributed by atoms with Gasteiger partial charge in [0.25, 0.3) is 0 Å². The zero-order chi connectivity index (χ0) is 20.4. The van der Waals surface area contributed by atoms with Crippen molar-refractivity contribution in [2.24, 2.45) is 5.41 Å². The van der Waals surface area contributed by atoms with Gasteiger partial charge in [-0.05, 0) is 64.2 Å². The third kappa shape index (κ3) is 4.78. The van der Waals surface area contributed by atoms with Crippen molar-refractivity contribution in [2.75, 3.05) is 13.7 Å². The van der Waals surface area contributed by atoms with E-state index in [1.165, 1.54) is 0 Å². The number of methoxy groups -OCH3 is 1. The summed E-state index contributed by atoms with van der Waals surface area (Å²) < 4.78 is 10.6. The number of alkyl carbamates (subject to hydrolysis) is 1. The normalized spacial score (nSPS) is 25.1. The Balaban J connectivity index is 1.60. The lowest BCUT2D eigenvalue weighted by atomic mass is 9.71. The minimum Gasteiger partial charge on any atom is -0.497 e. The van der Waals surface area contributed by atoms with E-state index in [2.05, 4.69) is 5.32 Å². The van der Waals surface area contributed by atoms with Gasteiger partial charge in [0.15, 0.2) is 0 Å². The highest BCUT2D eigenvalue weighted by atomic mass is 16.6. The van der Waals surface area contributed by atoms with Crippen molar-refractivity contribution in [1.29, 1.82) is 0 Å². The second-order valence-corrected chi connectivity index (χ2v) is 9.04. The molecule has 0 radical (unpaired) electrons. The van der Waals surface area contributed by atoms with Crippen LogP contribution in [-0.2, 0) is 16.1 Å². The molecule has 2 atom stereocenters. The number of likely N-dealkylation sites (tertiary alicyclic amines) is 1. The first kappa shape index (κ1) is 20.5. The van der Waals surface area contributed by atoms with E-state index in [-0.39, 0.29) is 17.4 Å². The Morgan fingerprint density at radius 3 is 2.61 bits per heavy atom. The van der Waals surface area contributed by atoms with Gasteiger partial charge in [-0.1, -0.05) is 18.6 Å². The zero-order valence-corrected chi connectivity index (χ0v) is 17.4. The molecular weight excluding hydrogens is 356 g/mol. The molecule has 1 spiro atoms. The molecule has 1 saturated carbocycles. The standard InChI is InChI=1S/C22H32N2O4/c1-21(2,3)28-20(26)23-17-6-5-11-22(14-17)12-13-24(19(22)25)15-16-7-9-18(27-4)10-8-16/h7-10,17H,5-6,11-15H2,1-4H3,(H,23,26). The van der Waals surface area contributed by atoms with E-state index in [1.807, 2.05) is 49.9 Å². The Bertz CT molecular complexity index is 710. The summed E-state index contributed by atoms with van der Waals surface area (Å²) in [6.45, 7) is 6.95. The lowest BCUT2D eigenvalue weighted by Gasteiger charge is -2.37. The van der Waals surface area contributed by atoms with Gasteiger partial charge in [-0.2, -0.15) is 0 Å². The summed E-state index contributed by atoms with van der Waals surface area (Å²) in [4.78, 5) is 27.3. The number of nitrogens with one attached hydrogen (secondary N) is 1. The number of amides is 2. The SMILES string of the molecule is COc1ccc(CN2CCC3(CCCC(NC(=O)OC(C)(C)C)C3)C2=O)cc1. The van der Waals surface area contributed by atoms with Crippen LogP contribution in [-0.4, -0.2) is 42.2 Å². The van der Waals surface area contributed by atoms with Gasteiger partial charge in [-0.15, -0.1) is 0 Å². The average molecular weight is 389 g/mol. The van der Waals surface area contributed by atoms with Crippen molar-refractivity contribution >= 4 is 12.0 Å². The van der Waals surface area contributed by atoms with E-state index >= 15 is 0 Å². The van der Waals surface area contributed by atoms with E-state index in [1.54, 1.807) is 7.11 Å². The molecule has 28 heavy (non-hydrogen) atoms. The van der Waals surface area contributed by atoms with Gasteiger partial charge in [0.05, 0.1) is 12.5 Å². The molecule has 2 aliphatic rings. The van der Waals surface area contributed by atoms with Gasteiger partial charge in [-0.25, -0.2) is 4.79 Å². The summed E-state index contributed by atoms with van der Waals surface area (Å²) in [5, 5.41) is 2.98. The highest BCUT2D eigenvalue weighted by Crippen LogP contribution is 2.45. The van der Waals surface area contributed by atoms with Crippen molar-refractivity contribution in [2.45, 2.75) is 71.1 Å². The van der Waals surface area contributed by atoms with Crippen molar-refractivity contribution in [1.82, 2.24) is 10.2 Å². The van der Waals surface area contributed by atoms with Crippen LogP contribution in [0.5, 0.6) is 5.75 Å². The largest absolute Gasteiger partial charge is 0.497 e. The molecule has 2 unspecified atom stereocenters. The fraction of sp³-hybridized carbons (Fsp3) is 0.636. The first-order valence-corrected chi connectivity index (χ1v) is 10.1. The van der Waals surface area contributed by atoms with E-state index in [9.17, 15) is 9.59 Å². The third-order valence-electron chi connectivity index (χ3n) is 5.70. The Morgan fingerprint density at radius 2 is 1.96 bits per heavy atom. The van der Waals surface area contributed by atoms with Gasteiger partial charge < -0.3 is 19.7 Å². The minimum absolute atomic E-state index is 0.00603. The lowest BCUT2D eigenvalue weighted by molar-refractivity contribution is -0.138. The molecule has 1 aliphatic carbocycles. The molecule has 3 rings (SSSR count). The predicted molar refractivity (Wildman–Crippen MR) is 107 cm³/mol. The maximum absolute atomic E-state index is 13.2. The van der Waals surface area contributed by atoms with Gasteiger partial charge in [-0.3, -0.25) is 4.79 Å². The van der Waals surface area contributed by atoms with E-state index in [4.69, 9.17) is 9.47 Å². The van der Waals surface area contributed by atoms with Crippen LogP contribution >= 0.6 is 0 Å². The Kier molecular flexibility index (Phi) is 5.87. The number of rotatable bonds is 4. The molecule has 1 N–H and O–H groups in total. The maximum atomic E-state index is 13.2. The molecule has 1 aliphatic heterocycles. The fourth-order valence-electron chi connectivity index (χ4n) is 4.38. The van der Waals surface area contributed by atoms with E-state index in [0.717, 1.165) is 43.5 Å². The first-order valence-electron chi connectivity index (χ1n) is 10.1. The topological polar surface area (TPSA) is 67.9 Å². The molecule has 1 heterocycles. The van der Waals surface area contributed by atoms with Gasteiger partial charge >= 0.3 is 6.09 Å². The number of hydrogen-bond donors (Lipinski definition) is 1. The lowest BCUT2D eigenvalue weighted by Crippen LogP contribution is -2.46. The highest BCUT2D eigenvalue weighted by molar-refractivity contribution is 5.85. The summed E-state index contributed by atoms with van der Waals surface area (Å²) in [7, 11) is 1.65. The maximum Gasteiger partial charge on any atom is 0.407 e. The van der Waals surface area contributed by atoms with E-state index in [0.29, 0.717) is 13.0 Å². The van der Waals surface area contributed by atoms with Gasteiger partial charge in [0, 0.05) is 19.1 Å². The molecule has 154 valence electrons. The average Bonchev–Trinajstić information content (AvgIpc) is 2.90. The van der Waals surface area contributed by atoms with Crippen LogP contribution in [0.4, 0.5) is 4.79 Å². The van der Waals surface area contributed by atoms with Crippen LogP contribution in [0, 0.1) is 5.41 Å². The number of carbonyl (C=O) groups excluding carboxylic acids is 2. The smallest absolute Gasteiger partial charge is 0.407 e. The molecular formula is C22H32N2O4. The van der Waals surface area contributed by atoms with Crippen molar-refractivity contribution in [3.63, 3.8) is 0 Å². The number of nitrogens with zero attached hydrogens (tertiary/aromatic N) is 1. The third-order valence-corrected chi connectivity index (χ3v) is 5.70. The van der Waals surface area contributed by atoms with Crippen LogP contribution < -0.4 is 10.1 Å². The molecule has 1 aromatic carbocycles. The molecule has 6 nitrogen and oxygen atoms in total. The Hall–Kier alpha value is -2.24. The zero-order valence-electron chi connectivity index (χ0n) is 17.4. The summed E-state index contributed by atoms with van der Waals surface area (Å²) in [6.07, 6.45) is 3.90. The van der Waals surface area contributed by atoms with Crippen molar-refractivity contribution in [3.05, 3.63) is 29.8 Å². The molecule has 1 saturated heterocycles. The second-order valence-electron chi connectivity index (χ2n) is 9.04. The monoisotopic (exact) mass is 388 g/mol. The summed E-state index contributed by atoms with van der Waals surface area (Å²) in [5.74, 6) is 1.04. The fourth-order valence-corrected chi connectivity index (χ4v) is 4.38. The summed E-state index contributed by atoms with van der Waals surface area (Å²) in [5.41, 5.74) is 0.240. The van der Waals surface area contributed by atoms with Crippen molar-refractivity contribution in [3.8, 4) is 5.75 Å². The number of benzene rings is 1. The number of carbonyl (C=O) groups is 2. The highest BCUT2D eigenvalue weighted by Gasteiger charge is 2.49. The first-order chi connectivity index (χ1) is 13.2. The van der Waals surface area contributed by atoms with E-state index < -0.39 is 11.7 Å². The molecule has 0 aromatic heterocycles. The molecule has 1 aromatic rings. The van der Waals surface area contributed by atoms with Crippen LogP contribution in [0.1, 0.15) is 58.4 Å². The quantitative estimate of drug-likeness (QED) is 0.850. The van der Waals surface area contributed by atoms with Crippen LogP contribution in [0.25, 0.3) is 0 Å². The van der Waals surface area contributed by atoms with Gasteiger partial charge in [0.2, 0.25) is 5.91 Å². The predicted octanol–water partition coefficient (Wildman–Crippen LogP) is 3.88. The second kappa shape index (κ2) is 8.02. The number of hydrogen-bond acceptors (Lipinski definition) is 4. The Morgan fingerprint density at radius 1 is 1.25 bits per heavy atom. The van der Waals surface area contributed by atoms with Crippen LogP contribution in [0.2, 0.25) is 0 Å². The molecule has 2 amide bonds. The molecule has 0 bridgehead atoms. The molecule has 6 heteroatoms. The summed E-state index contributed by atoms with van der Waals surface area (Å²) >= 11 is 0. The minimum atomic E-state index is -0.519. The number of ether oxygens (including phenoxy) is 2. The van der Waals surface area contributed by atoms with Crippen LogP contribution in [0.3, 0.4) is 0 Å². The van der Waals surface area contributed by atoms with Crippen molar-refractivity contribution < 1.29 is 19.1 Å². The molecule has 2 fully saturated rings. The van der Waals surface area contributed by atoms with Crippen LogP contribution in [0.15, 0.2) is 24.3 Å². The van der Waals surface area contributed by atoms with Gasteiger partial charge in [0.1, 0.15) is 11.4 Å². The summed E-state index contributed by atoms with van der Waals surface area (Å²) in [6, 6.07) is 7.85. The Labute approximate surface area is 167 Å².